The third-order valence-electron chi connectivity index (χ3n) is 4.55. The zero-order chi connectivity index (χ0) is 20.8. The molecule has 1 atom stereocenters. The van der Waals surface area contributed by atoms with Gasteiger partial charge in [-0.2, -0.15) is 0 Å². The van der Waals surface area contributed by atoms with Crippen molar-refractivity contribution in [3.63, 3.8) is 0 Å². The number of nitrogens with one attached hydrogen (secondary N) is 1. The summed E-state index contributed by atoms with van der Waals surface area (Å²) in [5.74, 6) is -0.584. The van der Waals surface area contributed by atoms with Gasteiger partial charge < -0.3 is 11.1 Å². The van der Waals surface area contributed by atoms with Gasteiger partial charge in [-0.15, -0.1) is 11.3 Å². The van der Waals surface area contributed by atoms with Gasteiger partial charge in [-0.25, -0.2) is 4.98 Å². The van der Waals surface area contributed by atoms with Crippen molar-refractivity contribution in [2.45, 2.75) is 32.2 Å². The number of nitrogens with zero attached hydrogens (tertiary/aromatic N) is 1. The van der Waals surface area contributed by atoms with Crippen LogP contribution < -0.4 is 11.1 Å². The van der Waals surface area contributed by atoms with Crippen molar-refractivity contribution in [2.75, 3.05) is 0 Å². The van der Waals surface area contributed by atoms with Crippen LogP contribution in [0.5, 0.6) is 0 Å². The lowest BCUT2D eigenvalue weighted by molar-refractivity contribution is -0.121. The Bertz CT molecular complexity index is 1000. The number of halogens is 1. The third kappa shape index (κ3) is 5.65. The molecule has 2 amide bonds. The second-order valence-electron chi connectivity index (χ2n) is 6.68. The zero-order valence-corrected chi connectivity index (χ0v) is 17.6. The van der Waals surface area contributed by atoms with Crippen LogP contribution in [-0.4, -0.2) is 16.8 Å². The molecule has 3 aromatic rings. The first-order chi connectivity index (χ1) is 14.0. The number of aromatic nitrogens is 1. The molecular formula is C22H22ClN3O2S. The quantitative estimate of drug-likeness (QED) is 0.567. The van der Waals surface area contributed by atoms with Crippen molar-refractivity contribution in [1.29, 1.82) is 0 Å². The molecule has 29 heavy (non-hydrogen) atoms. The van der Waals surface area contributed by atoms with E-state index >= 15 is 0 Å². The number of thiazole rings is 1. The Morgan fingerprint density at radius 2 is 1.90 bits per heavy atom. The molecule has 0 aliphatic heterocycles. The van der Waals surface area contributed by atoms with E-state index in [9.17, 15) is 9.59 Å². The van der Waals surface area contributed by atoms with Crippen LogP contribution in [0.1, 0.15) is 45.2 Å². The fourth-order valence-electron chi connectivity index (χ4n) is 2.95. The number of amides is 2. The second-order valence-corrected chi connectivity index (χ2v) is 7.98. The van der Waals surface area contributed by atoms with Crippen LogP contribution in [0.25, 0.3) is 0 Å². The molecule has 1 heterocycles. The maximum atomic E-state index is 12.7. The van der Waals surface area contributed by atoms with E-state index in [0.29, 0.717) is 17.0 Å². The Morgan fingerprint density at radius 3 is 2.52 bits per heavy atom. The molecule has 0 saturated heterocycles. The van der Waals surface area contributed by atoms with Crippen molar-refractivity contribution in [2.24, 2.45) is 5.73 Å². The Balaban J connectivity index is 1.78. The van der Waals surface area contributed by atoms with E-state index in [1.54, 1.807) is 18.2 Å². The first-order valence-corrected chi connectivity index (χ1v) is 10.6. The molecule has 0 radical (unpaired) electrons. The molecule has 3 N–H and O–H groups in total. The number of hydrogen-bond donors (Lipinski definition) is 2. The second kappa shape index (κ2) is 9.67. The van der Waals surface area contributed by atoms with Gasteiger partial charge in [0.25, 0.3) is 0 Å². The lowest BCUT2D eigenvalue weighted by Gasteiger charge is -2.17. The van der Waals surface area contributed by atoms with Crippen LogP contribution in [-0.2, 0) is 24.1 Å². The lowest BCUT2D eigenvalue weighted by atomic mass is 10.0. The number of benzene rings is 2. The molecule has 1 unspecified atom stereocenters. The Labute approximate surface area is 178 Å². The summed E-state index contributed by atoms with van der Waals surface area (Å²) in [6, 6.07) is 14.1. The van der Waals surface area contributed by atoms with Gasteiger partial charge in [0, 0.05) is 16.0 Å². The van der Waals surface area contributed by atoms with Gasteiger partial charge in [0.05, 0.1) is 18.2 Å². The van der Waals surface area contributed by atoms with Crippen LogP contribution in [0.4, 0.5) is 0 Å². The molecule has 5 nitrogen and oxygen atoms in total. The van der Waals surface area contributed by atoms with Gasteiger partial charge in [-0.3, -0.25) is 9.59 Å². The number of rotatable bonds is 8. The summed E-state index contributed by atoms with van der Waals surface area (Å²) in [4.78, 5) is 28.6. The van der Waals surface area contributed by atoms with E-state index in [1.165, 1.54) is 11.3 Å². The summed E-state index contributed by atoms with van der Waals surface area (Å²) >= 11 is 7.72. The average Bonchev–Trinajstić information content (AvgIpc) is 3.19. The minimum absolute atomic E-state index is 0.120. The summed E-state index contributed by atoms with van der Waals surface area (Å²) in [5.41, 5.74) is 8.52. The highest BCUT2D eigenvalue weighted by atomic mass is 35.5. The summed E-state index contributed by atoms with van der Waals surface area (Å²) in [6.45, 7) is 2.05. The SMILES string of the molecule is CCc1csc(C(Cc2ccc(C(N)=O)cc2)NC(=O)Cc2ccccc2Cl)n1. The van der Waals surface area contributed by atoms with Crippen LogP contribution in [0.15, 0.2) is 53.9 Å². The van der Waals surface area contributed by atoms with Crippen LogP contribution in [0, 0.1) is 0 Å². The summed E-state index contributed by atoms with van der Waals surface area (Å²) in [7, 11) is 0. The molecule has 0 bridgehead atoms. The molecule has 150 valence electrons. The monoisotopic (exact) mass is 427 g/mol. The average molecular weight is 428 g/mol. The topological polar surface area (TPSA) is 85.1 Å². The van der Waals surface area contributed by atoms with Crippen LogP contribution >= 0.6 is 22.9 Å². The van der Waals surface area contributed by atoms with E-state index in [2.05, 4.69) is 10.3 Å². The van der Waals surface area contributed by atoms with Gasteiger partial charge >= 0.3 is 0 Å². The highest BCUT2D eigenvalue weighted by molar-refractivity contribution is 7.09. The molecule has 2 aromatic carbocycles. The fraction of sp³-hybridized carbons (Fsp3) is 0.227. The number of nitrogens with two attached hydrogens (primary N) is 1. The molecule has 0 spiro atoms. The predicted molar refractivity (Wildman–Crippen MR) is 116 cm³/mol. The van der Waals surface area contributed by atoms with Gasteiger partial charge in [-0.1, -0.05) is 48.9 Å². The molecule has 3 rings (SSSR count). The lowest BCUT2D eigenvalue weighted by Crippen LogP contribution is -2.31. The number of hydrogen-bond acceptors (Lipinski definition) is 4. The molecule has 0 aliphatic rings. The number of carbonyl (C=O) groups is 2. The summed E-state index contributed by atoms with van der Waals surface area (Å²) in [6.07, 6.45) is 1.59. The highest BCUT2D eigenvalue weighted by Crippen LogP contribution is 2.24. The summed E-state index contributed by atoms with van der Waals surface area (Å²) in [5, 5.41) is 6.53. The molecular weight excluding hydrogens is 406 g/mol. The minimum atomic E-state index is -0.464. The number of primary amides is 1. The van der Waals surface area contributed by atoms with E-state index in [4.69, 9.17) is 17.3 Å². The van der Waals surface area contributed by atoms with Crippen LogP contribution in [0.3, 0.4) is 0 Å². The van der Waals surface area contributed by atoms with Crippen molar-refractivity contribution in [3.8, 4) is 0 Å². The van der Waals surface area contributed by atoms with E-state index in [-0.39, 0.29) is 18.4 Å². The number of carbonyl (C=O) groups excluding carboxylic acids is 2. The van der Waals surface area contributed by atoms with Crippen molar-refractivity contribution in [3.05, 3.63) is 86.3 Å². The smallest absolute Gasteiger partial charge is 0.248 e. The molecule has 0 fully saturated rings. The van der Waals surface area contributed by atoms with Gasteiger partial charge in [0.1, 0.15) is 5.01 Å². The fourth-order valence-corrected chi connectivity index (χ4v) is 4.10. The van der Waals surface area contributed by atoms with Crippen molar-refractivity contribution >= 4 is 34.8 Å². The Hall–Kier alpha value is -2.70. The van der Waals surface area contributed by atoms with Gasteiger partial charge in [0.2, 0.25) is 11.8 Å². The molecule has 0 saturated carbocycles. The normalized spacial score (nSPS) is 11.8. The Kier molecular flexibility index (Phi) is 7.01. The standard InChI is InChI=1S/C22H22ClN3O2S/c1-2-17-13-29-22(25-17)19(11-14-7-9-15(10-8-14)21(24)28)26-20(27)12-16-5-3-4-6-18(16)23/h3-10,13,19H,2,11-12H2,1H3,(H2,24,28)(H,26,27). The van der Waals surface area contributed by atoms with Gasteiger partial charge in [-0.05, 0) is 42.2 Å². The third-order valence-corrected chi connectivity index (χ3v) is 5.93. The Morgan fingerprint density at radius 1 is 1.17 bits per heavy atom. The molecule has 7 heteroatoms. The first-order valence-electron chi connectivity index (χ1n) is 9.32. The van der Waals surface area contributed by atoms with Crippen LogP contribution in [0.2, 0.25) is 5.02 Å². The summed E-state index contributed by atoms with van der Waals surface area (Å²) < 4.78 is 0. The van der Waals surface area contributed by atoms with Gasteiger partial charge in [0.15, 0.2) is 0 Å². The predicted octanol–water partition coefficient (Wildman–Crippen LogP) is 4.10. The van der Waals surface area contributed by atoms with E-state index in [1.807, 2.05) is 42.6 Å². The minimum Gasteiger partial charge on any atom is -0.366 e. The largest absolute Gasteiger partial charge is 0.366 e. The number of aryl methyl sites for hydroxylation is 1. The van der Waals surface area contributed by atoms with Crippen molar-refractivity contribution < 1.29 is 9.59 Å². The maximum absolute atomic E-state index is 12.7. The molecule has 1 aromatic heterocycles. The first kappa shape index (κ1) is 21.0. The zero-order valence-electron chi connectivity index (χ0n) is 16.0. The molecule has 0 aliphatic carbocycles. The maximum Gasteiger partial charge on any atom is 0.248 e. The highest BCUT2D eigenvalue weighted by Gasteiger charge is 2.20. The van der Waals surface area contributed by atoms with Crippen molar-refractivity contribution in [1.82, 2.24) is 10.3 Å². The van der Waals surface area contributed by atoms with E-state index < -0.39 is 5.91 Å². The van der Waals surface area contributed by atoms with E-state index in [0.717, 1.165) is 28.2 Å².